The fraction of sp³-hybridized carbons (Fsp3) is 0.267. The zero-order chi connectivity index (χ0) is 15.5. The molecule has 0 aliphatic rings. The first kappa shape index (κ1) is 14.7. The van der Waals surface area contributed by atoms with Crippen molar-refractivity contribution in [2.45, 2.75) is 13.0 Å². The van der Waals surface area contributed by atoms with Gasteiger partial charge in [-0.25, -0.2) is 14.6 Å². The molecule has 0 amide bonds. The van der Waals surface area contributed by atoms with Crippen LogP contribution in [-0.2, 0) is 4.74 Å². The Morgan fingerprint density at radius 3 is 3.00 bits per heavy atom. The molecule has 0 aliphatic carbocycles. The summed E-state index contributed by atoms with van der Waals surface area (Å²) in [6.07, 6.45) is 3.27. The Morgan fingerprint density at radius 1 is 1.36 bits per heavy atom. The summed E-state index contributed by atoms with van der Waals surface area (Å²) in [6, 6.07) is 7.62. The molecule has 0 spiro atoms. The summed E-state index contributed by atoms with van der Waals surface area (Å²) in [7, 11) is 1.67. The van der Waals surface area contributed by atoms with Gasteiger partial charge in [0.25, 0.3) is 0 Å². The molecule has 3 rings (SSSR count). The molecule has 0 saturated heterocycles. The van der Waals surface area contributed by atoms with E-state index in [4.69, 9.17) is 16.3 Å². The third kappa shape index (κ3) is 2.88. The van der Waals surface area contributed by atoms with Crippen LogP contribution in [0.1, 0.15) is 6.92 Å². The van der Waals surface area contributed by atoms with Crippen LogP contribution in [0, 0.1) is 0 Å². The lowest BCUT2D eigenvalue weighted by molar-refractivity contribution is 0.190. The highest BCUT2D eigenvalue weighted by Crippen LogP contribution is 2.23. The molecule has 1 aromatic carbocycles. The normalized spacial score (nSPS) is 12.5. The van der Waals surface area contributed by atoms with Gasteiger partial charge in [-0.1, -0.05) is 17.7 Å². The number of hydrogen-bond donors (Lipinski definition) is 1. The van der Waals surface area contributed by atoms with Gasteiger partial charge in [0.1, 0.15) is 12.1 Å². The number of methoxy groups -OCH3 is 1. The predicted molar refractivity (Wildman–Crippen MR) is 86.6 cm³/mol. The lowest BCUT2D eigenvalue weighted by atomic mass is 10.3. The zero-order valence-electron chi connectivity index (χ0n) is 12.3. The summed E-state index contributed by atoms with van der Waals surface area (Å²) in [6.45, 7) is 2.62. The topological polar surface area (TPSA) is 64.9 Å². The van der Waals surface area contributed by atoms with E-state index >= 15 is 0 Å². The minimum Gasteiger partial charge on any atom is -0.383 e. The first-order valence-corrected chi connectivity index (χ1v) is 7.27. The van der Waals surface area contributed by atoms with E-state index in [9.17, 15) is 0 Å². The molecule has 0 fully saturated rings. The second-order valence-corrected chi connectivity index (χ2v) is 5.43. The SMILES string of the molecule is COC[C@H](C)Nc1ncnc2c1cnn2-c1cccc(Cl)c1. The van der Waals surface area contributed by atoms with Crippen LogP contribution in [0.4, 0.5) is 5.82 Å². The number of fused-ring (bicyclic) bond motifs is 1. The van der Waals surface area contributed by atoms with Gasteiger partial charge in [0, 0.05) is 18.2 Å². The van der Waals surface area contributed by atoms with Crippen LogP contribution >= 0.6 is 11.6 Å². The summed E-state index contributed by atoms with van der Waals surface area (Å²) >= 11 is 6.05. The van der Waals surface area contributed by atoms with Gasteiger partial charge in [0.2, 0.25) is 0 Å². The lowest BCUT2D eigenvalue weighted by Crippen LogP contribution is -2.21. The second-order valence-electron chi connectivity index (χ2n) is 5.00. The number of halogens is 1. The molecule has 7 heteroatoms. The Labute approximate surface area is 133 Å². The van der Waals surface area contributed by atoms with Gasteiger partial charge in [-0.05, 0) is 25.1 Å². The smallest absolute Gasteiger partial charge is 0.168 e. The van der Waals surface area contributed by atoms with Gasteiger partial charge in [0.15, 0.2) is 5.65 Å². The summed E-state index contributed by atoms with van der Waals surface area (Å²) in [5.41, 5.74) is 1.58. The van der Waals surface area contributed by atoms with E-state index in [0.717, 1.165) is 22.5 Å². The van der Waals surface area contributed by atoms with Gasteiger partial charge in [0.05, 0.1) is 23.9 Å². The molecule has 0 saturated carbocycles. The molecule has 0 unspecified atom stereocenters. The number of benzene rings is 1. The molecule has 0 aliphatic heterocycles. The molecule has 2 heterocycles. The number of rotatable bonds is 5. The van der Waals surface area contributed by atoms with E-state index in [2.05, 4.69) is 20.4 Å². The fourth-order valence-electron chi connectivity index (χ4n) is 2.28. The van der Waals surface area contributed by atoms with Gasteiger partial charge in [-0.2, -0.15) is 5.10 Å². The monoisotopic (exact) mass is 317 g/mol. The molecule has 0 bridgehead atoms. The quantitative estimate of drug-likeness (QED) is 0.784. The maximum absolute atomic E-state index is 6.05. The van der Waals surface area contributed by atoms with Crippen molar-refractivity contribution in [3.05, 3.63) is 41.8 Å². The maximum Gasteiger partial charge on any atom is 0.168 e. The van der Waals surface area contributed by atoms with Crippen LogP contribution in [0.2, 0.25) is 5.02 Å². The van der Waals surface area contributed by atoms with Crippen LogP contribution in [0.3, 0.4) is 0 Å². The van der Waals surface area contributed by atoms with Crippen molar-refractivity contribution in [3.8, 4) is 5.69 Å². The van der Waals surface area contributed by atoms with Crippen molar-refractivity contribution in [3.63, 3.8) is 0 Å². The minimum absolute atomic E-state index is 0.137. The number of ether oxygens (including phenoxy) is 1. The molecule has 3 aromatic rings. The maximum atomic E-state index is 6.05. The zero-order valence-corrected chi connectivity index (χ0v) is 13.1. The molecule has 114 valence electrons. The van der Waals surface area contributed by atoms with Crippen LogP contribution in [0.25, 0.3) is 16.7 Å². The van der Waals surface area contributed by atoms with Crippen molar-refractivity contribution < 1.29 is 4.74 Å². The Morgan fingerprint density at radius 2 is 2.23 bits per heavy atom. The van der Waals surface area contributed by atoms with Gasteiger partial charge in [-0.15, -0.1) is 0 Å². The lowest BCUT2D eigenvalue weighted by Gasteiger charge is -2.13. The van der Waals surface area contributed by atoms with E-state index in [1.165, 1.54) is 6.33 Å². The fourth-order valence-corrected chi connectivity index (χ4v) is 2.47. The van der Waals surface area contributed by atoms with Crippen LogP contribution in [0.15, 0.2) is 36.8 Å². The van der Waals surface area contributed by atoms with E-state index in [-0.39, 0.29) is 6.04 Å². The number of hydrogen-bond acceptors (Lipinski definition) is 5. The Hall–Kier alpha value is -2.18. The number of nitrogens with zero attached hydrogens (tertiary/aromatic N) is 4. The highest BCUT2D eigenvalue weighted by molar-refractivity contribution is 6.30. The highest BCUT2D eigenvalue weighted by Gasteiger charge is 2.12. The standard InChI is InChI=1S/C15H16ClN5O/c1-10(8-22-2)20-14-13-7-19-21(15(13)18-9-17-14)12-5-3-4-11(16)6-12/h3-7,9-10H,8H2,1-2H3,(H,17,18,20)/t10-/m0/s1. The van der Waals surface area contributed by atoms with E-state index in [1.807, 2.05) is 31.2 Å². The molecular formula is C15H16ClN5O. The molecule has 2 aromatic heterocycles. The first-order chi connectivity index (χ1) is 10.7. The van der Waals surface area contributed by atoms with Crippen LogP contribution in [0.5, 0.6) is 0 Å². The largest absolute Gasteiger partial charge is 0.383 e. The van der Waals surface area contributed by atoms with Crippen molar-refractivity contribution in [1.29, 1.82) is 0 Å². The van der Waals surface area contributed by atoms with Crippen molar-refractivity contribution >= 4 is 28.5 Å². The van der Waals surface area contributed by atoms with E-state index in [1.54, 1.807) is 18.0 Å². The van der Waals surface area contributed by atoms with Gasteiger partial charge in [-0.3, -0.25) is 0 Å². The second kappa shape index (κ2) is 6.29. The molecule has 0 radical (unpaired) electrons. The summed E-state index contributed by atoms with van der Waals surface area (Å²) in [5.74, 6) is 0.739. The number of aromatic nitrogens is 4. The van der Waals surface area contributed by atoms with E-state index < -0.39 is 0 Å². The van der Waals surface area contributed by atoms with Gasteiger partial charge < -0.3 is 10.1 Å². The predicted octanol–water partition coefficient (Wildman–Crippen LogP) is 2.92. The van der Waals surface area contributed by atoms with Crippen LogP contribution in [-0.4, -0.2) is 39.5 Å². The molecule has 1 N–H and O–H groups in total. The Bertz CT molecular complexity index is 788. The summed E-state index contributed by atoms with van der Waals surface area (Å²) in [5, 5.41) is 9.22. The van der Waals surface area contributed by atoms with Crippen LogP contribution < -0.4 is 5.32 Å². The molecule has 1 atom stereocenters. The number of anilines is 1. The van der Waals surface area contributed by atoms with E-state index in [0.29, 0.717) is 11.6 Å². The number of nitrogens with one attached hydrogen (secondary N) is 1. The third-order valence-electron chi connectivity index (χ3n) is 3.22. The van der Waals surface area contributed by atoms with Crippen molar-refractivity contribution in [2.24, 2.45) is 0 Å². The highest BCUT2D eigenvalue weighted by atomic mass is 35.5. The van der Waals surface area contributed by atoms with Gasteiger partial charge >= 0.3 is 0 Å². The molecule has 22 heavy (non-hydrogen) atoms. The summed E-state index contributed by atoms with van der Waals surface area (Å²) < 4.78 is 6.88. The first-order valence-electron chi connectivity index (χ1n) is 6.89. The molecular weight excluding hydrogens is 302 g/mol. The summed E-state index contributed by atoms with van der Waals surface area (Å²) in [4.78, 5) is 8.63. The average molecular weight is 318 g/mol. The Balaban J connectivity index is 2.02. The minimum atomic E-state index is 0.137. The molecule has 6 nitrogen and oxygen atoms in total. The Kier molecular flexibility index (Phi) is 4.22. The van der Waals surface area contributed by atoms with Crippen molar-refractivity contribution in [2.75, 3.05) is 19.0 Å². The van der Waals surface area contributed by atoms with Crippen molar-refractivity contribution in [1.82, 2.24) is 19.7 Å². The third-order valence-corrected chi connectivity index (χ3v) is 3.45. The average Bonchev–Trinajstić information content (AvgIpc) is 2.92.